The van der Waals surface area contributed by atoms with Crippen molar-refractivity contribution in [3.8, 4) is 0 Å². The zero-order chi connectivity index (χ0) is 14.0. The van der Waals surface area contributed by atoms with Crippen LogP contribution in [0.5, 0.6) is 0 Å². The second-order valence-electron chi connectivity index (χ2n) is 3.98. The fourth-order valence-electron chi connectivity index (χ4n) is 1.67. The van der Waals surface area contributed by atoms with Gasteiger partial charge in [-0.15, -0.1) is 11.3 Å². The summed E-state index contributed by atoms with van der Waals surface area (Å²) in [4.78, 5) is 0.529. The maximum atomic E-state index is 12.7. The minimum Gasteiger partial charge on any atom is -0.166 e. The molecule has 1 atom stereocenters. The fourth-order valence-corrected chi connectivity index (χ4v) is 4.90. The topological polar surface area (TPSA) is 0 Å². The SMILES string of the molecule is FC(F)(F)c1csc(C(Br)Cc2ccccc2)c1Br. The first-order valence-electron chi connectivity index (χ1n) is 5.41. The van der Waals surface area contributed by atoms with Crippen LogP contribution in [0.25, 0.3) is 0 Å². The molecule has 0 bridgehead atoms. The molecule has 1 heterocycles. The van der Waals surface area contributed by atoms with Gasteiger partial charge < -0.3 is 0 Å². The first-order valence-corrected chi connectivity index (χ1v) is 8.00. The molecule has 0 radical (unpaired) electrons. The van der Waals surface area contributed by atoms with Crippen LogP contribution < -0.4 is 0 Å². The van der Waals surface area contributed by atoms with Crippen LogP contribution in [0.1, 0.15) is 20.8 Å². The standard InChI is InChI=1S/C13H9Br2F3S/c14-10(6-8-4-2-1-3-5-8)12-11(15)9(7-19-12)13(16,17)18/h1-5,7,10H,6H2. The summed E-state index contributed by atoms with van der Waals surface area (Å²) in [5, 5.41) is 1.15. The van der Waals surface area contributed by atoms with Crippen molar-refractivity contribution in [3.63, 3.8) is 0 Å². The molecule has 2 aromatic rings. The molecule has 0 spiro atoms. The Balaban J connectivity index is 2.21. The molecule has 0 N–H and O–H groups in total. The lowest BCUT2D eigenvalue weighted by atomic mass is 10.1. The molecule has 0 aliphatic carbocycles. The van der Waals surface area contributed by atoms with Crippen molar-refractivity contribution in [2.45, 2.75) is 17.4 Å². The molecular weight excluding hydrogens is 405 g/mol. The number of alkyl halides is 4. The molecule has 0 aliphatic rings. The lowest BCUT2D eigenvalue weighted by Gasteiger charge is -2.10. The third kappa shape index (κ3) is 3.61. The Labute approximate surface area is 129 Å². The lowest BCUT2D eigenvalue weighted by molar-refractivity contribution is -0.137. The van der Waals surface area contributed by atoms with Gasteiger partial charge in [0.1, 0.15) is 0 Å². The van der Waals surface area contributed by atoms with Crippen LogP contribution in [0.4, 0.5) is 13.2 Å². The molecule has 0 nitrogen and oxygen atoms in total. The van der Waals surface area contributed by atoms with Gasteiger partial charge in [-0.05, 0) is 27.9 Å². The van der Waals surface area contributed by atoms with Crippen LogP contribution in [0.15, 0.2) is 40.2 Å². The van der Waals surface area contributed by atoms with Crippen LogP contribution in [-0.2, 0) is 12.6 Å². The van der Waals surface area contributed by atoms with Gasteiger partial charge in [0.2, 0.25) is 0 Å². The average molecular weight is 414 g/mol. The quantitative estimate of drug-likeness (QED) is 0.525. The molecule has 19 heavy (non-hydrogen) atoms. The molecule has 0 saturated heterocycles. The van der Waals surface area contributed by atoms with E-state index in [-0.39, 0.29) is 9.30 Å². The van der Waals surface area contributed by atoms with E-state index in [4.69, 9.17) is 0 Å². The minimum absolute atomic E-state index is 0.134. The summed E-state index contributed by atoms with van der Waals surface area (Å²) >= 11 is 7.64. The summed E-state index contributed by atoms with van der Waals surface area (Å²) in [5.41, 5.74) is 0.475. The summed E-state index contributed by atoms with van der Waals surface area (Å²) in [6.07, 6.45) is -3.66. The third-order valence-corrected chi connectivity index (χ3v) is 5.90. The van der Waals surface area contributed by atoms with Crippen molar-refractivity contribution in [1.29, 1.82) is 0 Å². The molecule has 1 aromatic heterocycles. The normalized spacial score (nSPS) is 13.5. The predicted molar refractivity (Wildman–Crippen MR) is 78.8 cm³/mol. The summed E-state index contributed by atoms with van der Waals surface area (Å²) in [6.45, 7) is 0. The summed E-state index contributed by atoms with van der Waals surface area (Å²) in [6, 6.07) is 9.66. The molecule has 6 heteroatoms. The van der Waals surface area contributed by atoms with E-state index >= 15 is 0 Å². The average Bonchev–Trinajstić information content (AvgIpc) is 2.72. The highest BCUT2D eigenvalue weighted by molar-refractivity contribution is 9.11. The fraction of sp³-hybridized carbons (Fsp3) is 0.231. The first-order chi connectivity index (χ1) is 8.89. The maximum Gasteiger partial charge on any atom is 0.418 e. The second kappa shape index (κ2) is 5.97. The van der Waals surface area contributed by atoms with E-state index < -0.39 is 11.7 Å². The molecule has 0 amide bonds. The Morgan fingerprint density at radius 1 is 1.16 bits per heavy atom. The van der Waals surface area contributed by atoms with Gasteiger partial charge in [-0.1, -0.05) is 46.3 Å². The molecule has 0 saturated carbocycles. The van der Waals surface area contributed by atoms with Crippen molar-refractivity contribution >= 4 is 43.2 Å². The highest BCUT2D eigenvalue weighted by Gasteiger charge is 2.35. The zero-order valence-corrected chi connectivity index (χ0v) is 13.5. The number of benzene rings is 1. The van der Waals surface area contributed by atoms with E-state index in [1.807, 2.05) is 30.3 Å². The van der Waals surface area contributed by atoms with Crippen molar-refractivity contribution in [3.05, 3.63) is 56.2 Å². The molecule has 0 fully saturated rings. The zero-order valence-electron chi connectivity index (χ0n) is 9.55. The van der Waals surface area contributed by atoms with Crippen LogP contribution in [0.3, 0.4) is 0 Å². The Morgan fingerprint density at radius 2 is 1.79 bits per heavy atom. The van der Waals surface area contributed by atoms with E-state index in [0.717, 1.165) is 22.3 Å². The van der Waals surface area contributed by atoms with Gasteiger partial charge in [-0.3, -0.25) is 0 Å². The van der Waals surface area contributed by atoms with Crippen molar-refractivity contribution in [2.24, 2.45) is 0 Å². The van der Waals surface area contributed by atoms with E-state index in [1.54, 1.807) is 0 Å². The Kier molecular flexibility index (Phi) is 4.74. The molecule has 1 unspecified atom stereocenters. The van der Waals surface area contributed by atoms with Crippen molar-refractivity contribution in [2.75, 3.05) is 0 Å². The Bertz CT molecular complexity index is 549. The van der Waals surface area contributed by atoms with Crippen LogP contribution >= 0.6 is 43.2 Å². The number of hydrogen-bond donors (Lipinski definition) is 0. The van der Waals surface area contributed by atoms with Gasteiger partial charge in [-0.2, -0.15) is 13.2 Å². The van der Waals surface area contributed by atoms with Crippen molar-refractivity contribution < 1.29 is 13.2 Å². The van der Waals surface area contributed by atoms with Gasteiger partial charge in [0.05, 0.1) is 10.4 Å². The highest BCUT2D eigenvalue weighted by Crippen LogP contribution is 2.44. The predicted octanol–water partition coefficient (Wildman–Crippen LogP) is 6.21. The van der Waals surface area contributed by atoms with Gasteiger partial charge in [0, 0.05) is 14.7 Å². The highest BCUT2D eigenvalue weighted by atomic mass is 79.9. The minimum atomic E-state index is -4.31. The number of hydrogen-bond acceptors (Lipinski definition) is 1. The molecular formula is C13H9Br2F3S. The van der Waals surface area contributed by atoms with Gasteiger partial charge >= 0.3 is 6.18 Å². The molecule has 1 aromatic carbocycles. The van der Waals surface area contributed by atoms with E-state index in [9.17, 15) is 13.2 Å². The van der Waals surface area contributed by atoms with Crippen LogP contribution in [-0.4, -0.2) is 0 Å². The maximum absolute atomic E-state index is 12.7. The largest absolute Gasteiger partial charge is 0.418 e. The molecule has 0 aliphatic heterocycles. The number of rotatable bonds is 3. The van der Waals surface area contributed by atoms with Crippen molar-refractivity contribution in [1.82, 2.24) is 0 Å². The Morgan fingerprint density at radius 3 is 2.32 bits per heavy atom. The Hall–Kier alpha value is -0.330. The van der Waals surface area contributed by atoms with Gasteiger partial charge in [-0.25, -0.2) is 0 Å². The van der Waals surface area contributed by atoms with Gasteiger partial charge in [0.15, 0.2) is 0 Å². The van der Waals surface area contributed by atoms with E-state index in [2.05, 4.69) is 31.9 Å². The molecule has 102 valence electrons. The second-order valence-corrected chi connectivity index (χ2v) is 6.79. The van der Waals surface area contributed by atoms with Gasteiger partial charge in [0.25, 0.3) is 0 Å². The smallest absolute Gasteiger partial charge is 0.166 e. The van der Waals surface area contributed by atoms with E-state index in [0.29, 0.717) is 11.3 Å². The molecule has 2 rings (SSSR count). The monoisotopic (exact) mass is 412 g/mol. The van der Waals surface area contributed by atoms with Crippen LogP contribution in [0, 0.1) is 0 Å². The summed E-state index contributed by atoms with van der Waals surface area (Å²) < 4.78 is 38.3. The third-order valence-electron chi connectivity index (χ3n) is 2.60. The first kappa shape index (κ1) is 15.1. The number of halogens is 5. The summed E-state index contributed by atoms with van der Waals surface area (Å²) in [7, 11) is 0. The van der Waals surface area contributed by atoms with Crippen LogP contribution in [0.2, 0.25) is 0 Å². The summed E-state index contributed by atoms with van der Waals surface area (Å²) in [5.74, 6) is 0. The van der Waals surface area contributed by atoms with E-state index in [1.165, 1.54) is 0 Å². The lowest BCUT2D eigenvalue weighted by Crippen LogP contribution is -2.04. The number of thiophene rings is 1.